The molecule has 2 atom stereocenters. The fraction of sp³-hybridized carbons (Fsp3) is 0.417. The van der Waals surface area contributed by atoms with Gasteiger partial charge in [-0.2, -0.15) is 5.26 Å². The zero-order valence-electron chi connectivity index (χ0n) is 9.65. The Hall–Kier alpha value is -1.25. The van der Waals surface area contributed by atoms with Gasteiger partial charge in [0, 0.05) is 22.1 Å². The lowest BCUT2D eigenvalue weighted by molar-refractivity contribution is 0.609. The van der Waals surface area contributed by atoms with Crippen molar-refractivity contribution in [2.75, 3.05) is 12.3 Å². The van der Waals surface area contributed by atoms with E-state index in [1.165, 1.54) is 6.07 Å². The van der Waals surface area contributed by atoms with E-state index in [4.69, 9.17) is 11.0 Å². The maximum atomic E-state index is 13.7. The average Bonchev–Trinajstić information content (AvgIpc) is 2.31. The summed E-state index contributed by atoms with van der Waals surface area (Å²) in [7, 11) is -1.15. The number of benzene rings is 1. The molecule has 1 aromatic carbocycles. The Kier molecular flexibility index (Phi) is 5.26. The molecular formula is C12H15FN2OS. The molecule has 1 aromatic rings. The van der Waals surface area contributed by atoms with E-state index >= 15 is 0 Å². The van der Waals surface area contributed by atoms with Gasteiger partial charge in [-0.1, -0.05) is 19.1 Å². The molecule has 1 rings (SSSR count). The van der Waals surface area contributed by atoms with E-state index in [0.29, 0.717) is 17.9 Å². The van der Waals surface area contributed by atoms with E-state index < -0.39 is 16.6 Å². The minimum Gasteiger partial charge on any atom is -0.330 e. The highest BCUT2D eigenvalue weighted by atomic mass is 32.2. The second-order valence-corrected chi connectivity index (χ2v) is 5.48. The van der Waals surface area contributed by atoms with Crippen molar-refractivity contribution in [2.24, 2.45) is 11.7 Å². The third-order valence-corrected chi connectivity index (χ3v) is 3.96. The van der Waals surface area contributed by atoms with Gasteiger partial charge in [0.25, 0.3) is 0 Å². The molecule has 0 saturated heterocycles. The minimum absolute atomic E-state index is 0.00799. The first-order chi connectivity index (χ1) is 8.08. The summed E-state index contributed by atoms with van der Waals surface area (Å²) in [6.07, 6.45) is 0. The first-order valence-electron chi connectivity index (χ1n) is 5.31. The van der Waals surface area contributed by atoms with Gasteiger partial charge in [-0.05, 0) is 18.5 Å². The largest absolute Gasteiger partial charge is 0.330 e. The molecule has 2 unspecified atom stereocenters. The lowest BCUT2D eigenvalue weighted by atomic mass is 10.1. The van der Waals surface area contributed by atoms with Crippen LogP contribution in [-0.4, -0.2) is 16.5 Å². The Morgan fingerprint density at radius 1 is 1.59 bits per heavy atom. The molecule has 3 nitrogen and oxygen atoms in total. The van der Waals surface area contributed by atoms with Gasteiger partial charge in [0.2, 0.25) is 0 Å². The molecule has 0 amide bonds. The summed E-state index contributed by atoms with van der Waals surface area (Å²) in [5.41, 5.74) is 5.76. The van der Waals surface area contributed by atoms with Crippen LogP contribution < -0.4 is 5.73 Å². The van der Waals surface area contributed by atoms with Crippen molar-refractivity contribution >= 4 is 10.8 Å². The molecule has 0 bridgehead atoms. The zero-order valence-corrected chi connectivity index (χ0v) is 10.5. The third kappa shape index (κ3) is 3.91. The molecule has 5 heteroatoms. The highest BCUT2D eigenvalue weighted by Gasteiger charge is 2.12. The highest BCUT2D eigenvalue weighted by molar-refractivity contribution is 7.84. The molecule has 17 heavy (non-hydrogen) atoms. The van der Waals surface area contributed by atoms with Crippen LogP contribution in [-0.2, 0) is 16.6 Å². The van der Waals surface area contributed by atoms with Crippen LogP contribution in [0, 0.1) is 23.1 Å². The SMILES string of the molecule is CC(CN)CS(=O)Cc1cccc(C#N)c1F. The number of nitrogens with two attached hydrogens (primary N) is 1. The molecule has 0 spiro atoms. The molecular weight excluding hydrogens is 239 g/mol. The summed E-state index contributed by atoms with van der Waals surface area (Å²) in [4.78, 5) is 0. The van der Waals surface area contributed by atoms with Gasteiger partial charge < -0.3 is 5.73 Å². The number of hydrogen-bond donors (Lipinski definition) is 1. The predicted molar refractivity (Wildman–Crippen MR) is 66.0 cm³/mol. The van der Waals surface area contributed by atoms with Gasteiger partial charge in [-0.25, -0.2) is 4.39 Å². The molecule has 0 aromatic heterocycles. The zero-order chi connectivity index (χ0) is 12.8. The number of nitriles is 1. The van der Waals surface area contributed by atoms with Crippen LogP contribution in [0.1, 0.15) is 18.1 Å². The summed E-state index contributed by atoms with van der Waals surface area (Å²) < 4.78 is 25.4. The molecule has 0 saturated carbocycles. The number of rotatable bonds is 5. The van der Waals surface area contributed by atoms with Gasteiger partial charge in [0.1, 0.15) is 11.9 Å². The monoisotopic (exact) mass is 254 g/mol. The van der Waals surface area contributed by atoms with Crippen molar-refractivity contribution < 1.29 is 8.60 Å². The normalized spacial score (nSPS) is 14.0. The Labute approximate surface area is 103 Å². The Morgan fingerprint density at radius 2 is 2.29 bits per heavy atom. The van der Waals surface area contributed by atoms with Gasteiger partial charge >= 0.3 is 0 Å². The molecule has 2 N–H and O–H groups in total. The van der Waals surface area contributed by atoms with Crippen molar-refractivity contribution in [1.82, 2.24) is 0 Å². The number of halogens is 1. The van der Waals surface area contributed by atoms with Crippen molar-refractivity contribution in [3.8, 4) is 6.07 Å². The van der Waals surface area contributed by atoms with Gasteiger partial charge in [0.15, 0.2) is 0 Å². The van der Waals surface area contributed by atoms with E-state index in [0.717, 1.165) is 0 Å². The van der Waals surface area contributed by atoms with Gasteiger partial charge in [-0.15, -0.1) is 0 Å². The fourth-order valence-electron chi connectivity index (χ4n) is 1.40. The van der Waals surface area contributed by atoms with E-state index in [1.807, 2.05) is 6.92 Å². The molecule has 0 aliphatic carbocycles. The molecule has 0 aliphatic rings. The number of nitrogens with zero attached hydrogens (tertiary/aromatic N) is 1. The average molecular weight is 254 g/mol. The molecule has 0 heterocycles. The van der Waals surface area contributed by atoms with Gasteiger partial charge in [-0.3, -0.25) is 4.21 Å². The minimum atomic E-state index is -1.15. The third-order valence-electron chi connectivity index (χ3n) is 2.39. The Morgan fingerprint density at radius 3 is 2.88 bits per heavy atom. The predicted octanol–water partition coefficient (Wildman–Crippen LogP) is 1.54. The van der Waals surface area contributed by atoms with E-state index in [1.54, 1.807) is 18.2 Å². The summed E-state index contributed by atoms with van der Waals surface area (Å²) >= 11 is 0. The van der Waals surface area contributed by atoms with Gasteiger partial charge in [0.05, 0.1) is 11.3 Å². The fourth-order valence-corrected chi connectivity index (χ4v) is 2.85. The molecule has 0 aliphatic heterocycles. The van der Waals surface area contributed by atoms with Crippen molar-refractivity contribution in [1.29, 1.82) is 5.26 Å². The van der Waals surface area contributed by atoms with Crippen LogP contribution in [0.4, 0.5) is 4.39 Å². The lowest BCUT2D eigenvalue weighted by Gasteiger charge is -2.08. The molecule has 0 fully saturated rings. The molecule has 0 radical (unpaired) electrons. The summed E-state index contributed by atoms with van der Waals surface area (Å²) in [6.45, 7) is 2.37. The quantitative estimate of drug-likeness (QED) is 0.866. The van der Waals surface area contributed by atoms with Crippen LogP contribution in [0.3, 0.4) is 0 Å². The Bertz CT molecular complexity index is 456. The summed E-state index contributed by atoms with van der Waals surface area (Å²) in [5, 5.41) is 8.68. The first kappa shape index (κ1) is 13.8. The maximum Gasteiger partial charge on any atom is 0.145 e. The first-order valence-corrected chi connectivity index (χ1v) is 6.79. The Balaban J connectivity index is 2.76. The summed E-state index contributed by atoms with van der Waals surface area (Å²) in [6, 6.07) is 6.33. The van der Waals surface area contributed by atoms with Crippen molar-refractivity contribution in [2.45, 2.75) is 12.7 Å². The lowest BCUT2D eigenvalue weighted by Crippen LogP contribution is -2.18. The standard InChI is InChI=1S/C12H15FN2OS/c1-9(5-14)7-17(16)8-11-4-2-3-10(6-15)12(11)13/h2-4,9H,5,7-8,14H2,1H3. The second-order valence-electron chi connectivity index (χ2n) is 3.98. The van der Waals surface area contributed by atoms with Crippen molar-refractivity contribution in [3.63, 3.8) is 0 Å². The van der Waals surface area contributed by atoms with E-state index in [-0.39, 0.29) is 17.2 Å². The van der Waals surface area contributed by atoms with Crippen LogP contribution in [0.15, 0.2) is 18.2 Å². The second kappa shape index (κ2) is 6.48. The number of hydrogen-bond acceptors (Lipinski definition) is 3. The van der Waals surface area contributed by atoms with Crippen LogP contribution >= 0.6 is 0 Å². The summed E-state index contributed by atoms with van der Waals surface area (Å²) in [5.74, 6) is 0.167. The van der Waals surface area contributed by atoms with Crippen molar-refractivity contribution in [3.05, 3.63) is 35.1 Å². The smallest absolute Gasteiger partial charge is 0.145 e. The van der Waals surface area contributed by atoms with Crippen LogP contribution in [0.25, 0.3) is 0 Å². The molecule has 92 valence electrons. The maximum absolute atomic E-state index is 13.7. The van der Waals surface area contributed by atoms with Crippen LogP contribution in [0.2, 0.25) is 0 Å². The topological polar surface area (TPSA) is 66.9 Å². The van der Waals surface area contributed by atoms with E-state index in [2.05, 4.69) is 0 Å². The van der Waals surface area contributed by atoms with Crippen LogP contribution in [0.5, 0.6) is 0 Å². The van der Waals surface area contributed by atoms with E-state index in [9.17, 15) is 8.60 Å². The highest BCUT2D eigenvalue weighted by Crippen LogP contribution is 2.14.